The van der Waals surface area contributed by atoms with Crippen LogP contribution in [0.1, 0.15) is 13.3 Å². The number of anilines is 2. The fourth-order valence-electron chi connectivity index (χ4n) is 1.30. The van der Waals surface area contributed by atoms with Gasteiger partial charge in [-0.25, -0.2) is 0 Å². The second kappa shape index (κ2) is 5.30. The van der Waals surface area contributed by atoms with E-state index in [1.54, 1.807) is 13.1 Å². The molecule has 2 aromatic heterocycles. The van der Waals surface area contributed by atoms with E-state index in [2.05, 4.69) is 32.3 Å². The first-order valence-corrected chi connectivity index (χ1v) is 5.59. The van der Waals surface area contributed by atoms with Gasteiger partial charge in [-0.1, -0.05) is 6.92 Å². The third-order valence-electron chi connectivity index (χ3n) is 2.05. The second-order valence-corrected chi connectivity index (χ2v) is 3.68. The van der Waals surface area contributed by atoms with Crippen LogP contribution >= 0.6 is 0 Å². The van der Waals surface area contributed by atoms with Crippen LogP contribution in [0.4, 0.5) is 11.8 Å². The van der Waals surface area contributed by atoms with E-state index in [1.165, 1.54) is 11.0 Å². The lowest BCUT2D eigenvalue weighted by molar-refractivity contribution is 0.422. The minimum Gasteiger partial charge on any atom is -0.404 e. The van der Waals surface area contributed by atoms with E-state index in [4.69, 9.17) is 10.5 Å². The van der Waals surface area contributed by atoms with Crippen LogP contribution in [-0.4, -0.2) is 31.3 Å². The maximum Gasteiger partial charge on any atom is 0.342 e. The van der Waals surface area contributed by atoms with Gasteiger partial charge in [-0.15, -0.1) is 5.10 Å². The van der Waals surface area contributed by atoms with E-state index < -0.39 is 0 Å². The maximum absolute atomic E-state index is 5.60. The van der Waals surface area contributed by atoms with E-state index in [9.17, 15) is 0 Å². The summed E-state index contributed by atoms with van der Waals surface area (Å²) in [6.45, 7) is 2.87. The van der Waals surface area contributed by atoms with E-state index in [-0.39, 0.29) is 12.0 Å². The fraction of sp³-hybridized carbons (Fsp3) is 0.400. The third kappa shape index (κ3) is 3.06. The van der Waals surface area contributed by atoms with Crippen molar-refractivity contribution in [2.45, 2.75) is 13.3 Å². The molecule has 0 radical (unpaired) electrons. The largest absolute Gasteiger partial charge is 0.404 e. The molecule has 0 aliphatic heterocycles. The summed E-state index contributed by atoms with van der Waals surface area (Å²) in [5, 5.41) is 7.10. The van der Waals surface area contributed by atoms with Gasteiger partial charge in [-0.05, 0) is 6.42 Å². The van der Waals surface area contributed by atoms with Crippen molar-refractivity contribution in [3.8, 4) is 11.9 Å². The predicted octanol–water partition coefficient (Wildman–Crippen LogP) is 0.801. The van der Waals surface area contributed by atoms with Gasteiger partial charge in [0, 0.05) is 19.7 Å². The van der Waals surface area contributed by atoms with Gasteiger partial charge in [-0.3, -0.25) is 4.68 Å². The SMILES string of the molecule is CCCNc1cc(Oc2ncn(C)n2)nc(N)n1. The number of rotatable bonds is 5. The first kappa shape index (κ1) is 12.1. The summed E-state index contributed by atoms with van der Waals surface area (Å²) < 4.78 is 6.92. The van der Waals surface area contributed by atoms with Gasteiger partial charge in [0.25, 0.3) is 0 Å². The minimum atomic E-state index is 0.141. The van der Waals surface area contributed by atoms with E-state index in [0.29, 0.717) is 11.7 Å². The number of nitrogens with one attached hydrogen (secondary N) is 1. The van der Waals surface area contributed by atoms with Crippen LogP contribution in [0.3, 0.4) is 0 Å². The fourth-order valence-corrected chi connectivity index (χ4v) is 1.30. The lowest BCUT2D eigenvalue weighted by Gasteiger charge is -2.06. The Balaban J connectivity index is 2.14. The molecule has 0 saturated carbocycles. The summed E-state index contributed by atoms with van der Waals surface area (Å²) in [5.74, 6) is 1.07. The average molecular weight is 249 g/mol. The van der Waals surface area contributed by atoms with Crippen LogP contribution in [0.2, 0.25) is 0 Å². The molecule has 0 aromatic carbocycles. The minimum absolute atomic E-state index is 0.141. The maximum atomic E-state index is 5.60. The van der Waals surface area contributed by atoms with Crippen molar-refractivity contribution < 1.29 is 4.74 Å². The standard InChI is InChI=1S/C10H15N7O/c1-3-4-12-7-5-8(15-9(11)14-7)18-10-13-6-17(2)16-10/h5-6H,3-4H2,1-2H3,(H3,11,12,14,15). The van der Waals surface area contributed by atoms with Crippen molar-refractivity contribution in [2.24, 2.45) is 7.05 Å². The Labute approximate surface area is 104 Å². The Kier molecular flexibility index (Phi) is 3.56. The molecule has 0 aliphatic rings. The highest BCUT2D eigenvalue weighted by atomic mass is 16.5. The third-order valence-corrected chi connectivity index (χ3v) is 2.05. The Morgan fingerprint density at radius 3 is 2.94 bits per heavy atom. The number of hydrogen-bond donors (Lipinski definition) is 2. The van der Waals surface area contributed by atoms with Crippen molar-refractivity contribution in [1.29, 1.82) is 0 Å². The second-order valence-electron chi connectivity index (χ2n) is 3.68. The van der Waals surface area contributed by atoms with Gasteiger partial charge in [-0.2, -0.15) is 15.0 Å². The summed E-state index contributed by atoms with van der Waals surface area (Å²) in [5.41, 5.74) is 5.60. The molecule has 0 amide bonds. The molecule has 3 N–H and O–H groups in total. The Morgan fingerprint density at radius 1 is 1.44 bits per heavy atom. The summed E-state index contributed by atoms with van der Waals surface area (Å²) >= 11 is 0. The molecular weight excluding hydrogens is 234 g/mol. The Morgan fingerprint density at radius 2 is 2.28 bits per heavy atom. The van der Waals surface area contributed by atoms with Crippen LogP contribution < -0.4 is 15.8 Å². The average Bonchev–Trinajstić information content (AvgIpc) is 2.71. The molecule has 8 nitrogen and oxygen atoms in total. The van der Waals surface area contributed by atoms with Gasteiger partial charge in [0.1, 0.15) is 12.1 Å². The number of aromatic nitrogens is 5. The molecule has 2 aromatic rings. The summed E-state index contributed by atoms with van der Waals surface area (Å²) in [7, 11) is 1.75. The van der Waals surface area contributed by atoms with E-state index in [0.717, 1.165) is 13.0 Å². The van der Waals surface area contributed by atoms with E-state index >= 15 is 0 Å². The normalized spacial score (nSPS) is 10.3. The molecule has 96 valence electrons. The first-order valence-electron chi connectivity index (χ1n) is 5.59. The number of nitrogen functional groups attached to an aromatic ring is 1. The molecule has 8 heteroatoms. The van der Waals surface area contributed by atoms with Crippen LogP contribution in [0, 0.1) is 0 Å². The van der Waals surface area contributed by atoms with Crippen molar-refractivity contribution in [3.05, 3.63) is 12.4 Å². The Bertz CT molecular complexity index is 525. The smallest absolute Gasteiger partial charge is 0.342 e. The molecule has 2 heterocycles. The molecule has 0 fully saturated rings. The molecule has 0 unspecified atom stereocenters. The van der Waals surface area contributed by atoms with Crippen molar-refractivity contribution in [1.82, 2.24) is 24.7 Å². The highest BCUT2D eigenvalue weighted by Gasteiger charge is 2.07. The van der Waals surface area contributed by atoms with Crippen LogP contribution in [-0.2, 0) is 7.05 Å². The number of nitrogens with zero attached hydrogens (tertiary/aromatic N) is 5. The summed E-state index contributed by atoms with van der Waals surface area (Å²) in [6, 6.07) is 1.87. The first-order chi connectivity index (χ1) is 8.67. The molecule has 2 rings (SSSR count). The quantitative estimate of drug-likeness (QED) is 0.807. The van der Waals surface area contributed by atoms with Crippen molar-refractivity contribution >= 4 is 11.8 Å². The summed E-state index contributed by atoms with van der Waals surface area (Å²) in [6.07, 6.45) is 2.53. The highest BCUT2D eigenvalue weighted by Crippen LogP contribution is 2.18. The van der Waals surface area contributed by atoms with Gasteiger partial charge in [0.15, 0.2) is 0 Å². The molecular formula is C10H15N7O. The zero-order valence-corrected chi connectivity index (χ0v) is 10.3. The highest BCUT2D eigenvalue weighted by molar-refractivity contribution is 5.43. The zero-order chi connectivity index (χ0) is 13.0. The number of aryl methyl sites for hydroxylation is 1. The molecule has 0 aliphatic carbocycles. The van der Waals surface area contributed by atoms with E-state index in [1.807, 2.05) is 0 Å². The van der Waals surface area contributed by atoms with Crippen molar-refractivity contribution in [2.75, 3.05) is 17.6 Å². The van der Waals surface area contributed by atoms with Gasteiger partial charge < -0.3 is 15.8 Å². The lowest BCUT2D eigenvalue weighted by Crippen LogP contribution is -2.06. The Hall–Kier alpha value is -2.38. The van der Waals surface area contributed by atoms with Crippen molar-refractivity contribution in [3.63, 3.8) is 0 Å². The molecule has 18 heavy (non-hydrogen) atoms. The molecule has 0 saturated heterocycles. The summed E-state index contributed by atoms with van der Waals surface area (Å²) in [4.78, 5) is 11.9. The number of hydrogen-bond acceptors (Lipinski definition) is 7. The number of ether oxygens (including phenoxy) is 1. The van der Waals surface area contributed by atoms with Crippen LogP contribution in [0.15, 0.2) is 12.4 Å². The lowest BCUT2D eigenvalue weighted by atomic mass is 10.4. The predicted molar refractivity (Wildman–Crippen MR) is 66.3 cm³/mol. The van der Waals surface area contributed by atoms with Crippen LogP contribution in [0.5, 0.6) is 11.9 Å². The molecule has 0 spiro atoms. The van der Waals surface area contributed by atoms with Gasteiger partial charge in [0.05, 0.1) is 0 Å². The number of nitrogens with two attached hydrogens (primary N) is 1. The van der Waals surface area contributed by atoms with Crippen LogP contribution in [0.25, 0.3) is 0 Å². The van der Waals surface area contributed by atoms with Gasteiger partial charge in [0.2, 0.25) is 11.8 Å². The molecule has 0 atom stereocenters. The topological polar surface area (TPSA) is 104 Å². The monoisotopic (exact) mass is 249 g/mol. The van der Waals surface area contributed by atoms with Gasteiger partial charge >= 0.3 is 6.01 Å². The molecule has 0 bridgehead atoms. The zero-order valence-electron chi connectivity index (χ0n) is 10.3.